The number of hydrogen-bond donors (Lipinski definition) is 0. The van der Waals surface area contributed by atoms with Gasteiger partial charge in [0.05, 0.1) is 0 Å². The first kappa shape index (κ1) is 18.8. The Kier molecular flexibility index (Phi) is 6.38. The van der Waals surface area contributed by atoms with Crippen LogP contribution in [-0.4, -0.2) is 0 Å². The molecule has 0 aromatic heterocycles. The highest BCUT2D eigenvalue weighted by molar-refractivity contribution is 5.71. The topological polar surface area (TPSA) is 0 Å². The van der Waals surface area contributed by atoms with Crippen molar-refractivity contribution in [3.8, 4) is 22.3 Å². The van der Waals surface area contributed by atoms with Gasteiger partial charge in [-0.05, 0) is 59.6 Å². The van der Waals surface area contributed by atoms with Gasteiger partial charge in [-0.2, -0.15) is 0 Å². The fraction of sp³-hybridized carbons (Fsp3) is 0.154. The van der Waals surface area contributed by atoms with E-state index < -0.39 is 0 Å². The van der Waals surface area contributed by atoms with Crippen molar-refractivity contribution >= 4 is 0 Å². The second-order valence-electron chi connectivity index (χ2n) is 6.74. The number of benzene rings is 3. The molecule has 3 rings (SSSR count). The molecule has 0 atom stereocenters. The van der Waals surface area contributed by atoms with Crippen molar-refractivity contribution in [2.45, 2.75) is 25.7 Å². The highest BCUT2D eigenvalue weighted by atomic mass is 19.1. The van der Waals surface area contributed by atoms with E-state index in [0.29, 0.717) is 5.56 Å². The molecular formula is C26H25F. The van der Waals surface area contributed by atoms with Gasteiger partial charge in [0.1, 0.15) is 5.82 Å². The van der Waals surface area contributed by atoms with Crippen molar-refractivity contribution < 1.29 is 4.39 Å². The van der Waals surface area contributed by atoms with E-state index in [2.05, 4.69) is 49.6 Å². The molecule has 0 saturated heterocycles. The van der Waals surface area contributed by atoms with Crippen molar-refractivity contribution in [2.24, 2.45) is 0 Å². The van der Waals surface area contributed by atoms with Crippen LogP contribution in [0.5, 0.6) is 0 Å². The van der Waals surface area contributed by atoms with Crippen LogP contribution in [0.3, 0.4) is 0 Å². The third-order valence-electron chi connectivity index (χ3n) is 4.79. The van der Waals surface area contributed by atoms with E-state index in [-0.39, 0.29) is 5.82 Å². The summed E-state index contributed by atoms with van der Waals surface area (Å²) >= 11 is 0. The van der Waals surface area contributed by atoms with E-state index in [1.807, 2.05) is 36.4 Å². The molecule has 0 nitrogen and oxygen atoms in total. The average Bonchev–Trinajstić information content (AvgIpc) is 2.71. The maximum Gasteiger partial charge on any atom is 0.131 e. The van der Waals surface area contributed by atoms with Gasteiger partial charge in [-0.1, -0.05) is 72.8 Å². The first-order chi connectivity index (χ1) is 13.2. The smallest absolute Gasteiger partial charge is 0.131 e. The molecule has 0 radical (unpaired) electrons. The first-order valence-corrected chi connectivity index (χ1v) is 9.41. The molecule has 0 aliphatic rings. The van der Waals surface area contributed by atoms with Crippen LogP contribution in [-0.2, 0) is 12.8 Å². The van der Waals surface area contributed by atoms with Crippen LogP contribution >= 0.6 is 0 Å². The maximum atomic E-state index is 14.5. The molecular weight excluding hydrogens is 331 g/mol. The molecule has 0 aliphatic carbocycles. The van der Waals surface area contributed by atoms with Crippen LogP contribution < -0.4 is 0 Å². The lowest BCUT2D eigenvalue weighted by Gasteiger charge is -2.08. The summed E-state index contributed by atoms with van der Waals surface area (Å²) in [5.74, 6) is -0.170. The van der Waals surface area contributed by atoms with Gasteiger partial charge in [0.25, 0.3) is 0 Å². The van der Waals surface area contributed by atoms with Gasteiger partial charge in [-0.25, -0.2) is 4.39 Å². The van der Waals surface area contributed by atoms with Crippen LogP contribution in [0.1, 0.15) is 24.0 Å². The number of rotatable bonds is 8. The van der Waals surface area contributed by atoms with Crippen LogP contribution in [0.25, 0.3) is 22.3 Å². The predicted molar refractivity (Wildman–Crippen MR) is 114 cm³/mol. The minimum Gasteiger partial charge on any atom is -0.206 e. The second-order valence-corrected chi connectivity index (χ2v) is 6.74. The zero-order chi connectivity index (χ0) is 19.1. The van der Waals surface area contributed by atoms with E-state index in [4.69, 9.17) is 0 Å². The Morgan fingerprint density at radius 1 is 0.630 bits per heavy atom. The number of halogens is 1. The summed E-state index contributed by atoms with van der Waals surface area (Å²) in [5, 5.41) is 0. The summed E-state index contributed by atoms with van der Waals surface area (Å²) < 4.78 is 14.5. The minimum absolute atomic E-state index is 0.170. The number of allylic oxidation sites excluding steroid dienone is 2. The Balaban J connectivity index is 1.77. The summed E-state index contributed by atoms with van der Waals surface area (Å²) in [6.07, 6.45) is 7.49. The van der Waals surface area contributed by atoms with Gasteiger partial charge in [-0.3, -0.25) is 0 Å². The summed E-state index contributed by atoms with van der Waals surface area (Å²) in [7, 11) is 0. The second kappa shape index (κ2) is 9.14. The molecule has 136 valence electrons. The number of hydrogen-bond acceptors (Lipinski definition) is 0. The summed E-state index contributed by atoms with van der Waals surface area (Å²) in [5.41, 5.74) is 6.16. The van der Waals surface area contributed by atoms with Crippen molar-refractivity contribution in [3.63, 3.8) is 0 Å². The number of aryl methyl sites for hydroxylation is 2. The van der Waals surface area contributed by atoms with E-state index in [1.165, 1.54) is 11.1 Å². The Labute approximate surface area is 161 Å². The molecule has 0 N–H and O–H groups in total. The van der Waals surface area contributed by atoms with Crippen molar-refractivity contribution in [3.05, 3.63) is 109 Å². The minimum atomic E-state index is -0.170. The zero-order valence-electron chi connectivity index (χ0n) is 15.6. The van der Waals surface area contributed by atoms with Gasteiger partial charge >= 0.3 is 0 Å². The van der Waals surface area contributed by atoms with Gasteiger partial charge in [0.15, 0.2) is 0 Å². The SMILES string of the molecule is C=CCCc1ccc(-c2ccc(-c3ccc(CCC=C)cc3F)cc2)cc1. The van der Waals surface area contributed by atoms with E-state index in [0.717, 1.165) is 42.4 Å². The Hall–Kier alpha value is -2.93. The molecule has 0 aliphatic heterocycles. The van der Waals surface area contributed by atoms with E-state index >= 15 is 0 Å². The van der Waals surface area contributed by atoms with Crippen LogP contribution in [0.15, 0.2) is 92.0 Å². The van der Waals surface area contributed by atoms with Gasteiger partial charge < -0.3 is 0 Å². The summed E-state index contributed by atoms with van der Waals surface area (Å²) in [4.78, 5) is 0. The van der Waals surface area contributed by atoms with Crippen LogP contribution in [0, 0.1) is 5.82 Å². The van der Waals surface area contributed by atoms with E-state index in [1.54, 1.807) is 6.07 Å². The molecule has 3 aromatic carbocycles. The predicted octanol–water partition coefficient (Wildman–Crippen LogP) is 7.40. The average molecular weight is 356 g/mol. The standard InChI is InChI=1S/C26H25F/c1-3-5-7-20-9-12-22(13-10-20)23-14-16-24(17-15-23)25-18-11-21(8-6-4-2)19-26(25)27/h3-4,9-19H,1-2,5-8H2. The molecule has 0 amide bonds. The highest BCUT2D eigenvalue weighted by Gasteiger charge is 2.07. The van der Waals surface area contributed by atoms with Crippen molar-refractivity contribution in [2.75, 3.05) is 0 Å². The van der Waals surface area contributed by atoms with Gasteiger partial charge in [0.2, 0.25) is 0 Å². The summed E-state index contributed by atoms with van der Waals surface area (Å²) in [6.45, 7) is 7.48. The molecule has 0 bridgehead atoms. The molecule has 1 heteroatoms. The third kappa shape index (κ3) is 4.83. The lowest BCUT2D eigenvalue weighted by molar-refractivity contribution is 0.629. The highest BCUT2D eigenvalue weighted by Crippen LogP contribution is 2.28. The molecule has 27 heavy (non-hydrogen) atoms. The Bertz CT molecular complexity index is 902. The first-order valence-electron chi connectivity index (χ1n) is 9.41. The van der Waals surface area contributed by atoms with Crippen molar-refractivity contribution in [1.82, 2.24) is 0 Å². The molecule has 0 unspecified atom stereocenters. The van der Waals surface area contributed by atoms with Crippen molar-refractivity contribution in [1.29, 1.82) is 0 Å². The quantitative estimate of drug-likeness (QED) is 0.369. The normalized spacial score (nSPS) is 10.6. The van der Waals surface area contributed by atoms with Gasteiger partial charge in [-0.15, -0.1) is 13.2 Å². The molecule has 0 spiro atoms. The third-order valence-corrected chi connectivity index (χ3v) is 4.79. The molecule has 3 aromatic rings. The monoisotopic (exact) mass is 356 g/mol. The van der Waals surface area contributed by atoms with Crippen LogP contribution in [0.2, 0.25) is 0 Å². The molecule has 0 saturated carbocycles. The van der Waals surface area contributed by atoms with Crippen LogP contribution in [0.4, 0.5) is 4.39 Å². The fourth-order valence-electron chi connectivity index (χ4n) is 3.19. The summed E-state index contributed by atoms with van der Waals surface area (Å²) in [6, 6.07) is 22.2. The molecule has 0 fully saturated rings. The Morgan fingerprint density at radius 2 is 1.11 bits per heavy atom. The lowest BCUT2D eigenvalue weighted by atomic mass is 9.97. The lowest BCUT2D eigenvalue weighted by Crippen LogP contribution is -1.90. The fourth-order valence-corrected chi connectivity index (χ4v) is 3.19. The molecule has 0 heterocycles. The largest absolute Gasteiger partial charge is 0.206 e. The zero-order valence-corrected chi connectivity index (χ0v) is 15.6. The van der Waals surface area contributed by atoms with E-state index in [9.17, 15) is 4.39 Å². The Morgan fingerprint density at radius 3 is 1.67 bits per heavy atom. The van der Waals surface area contributed by atoms with Gasteiger partial charge in [0, 0.05) is 5.56 Å². The maximum absolute atomic E-state index is 14.5.